The maximum atomic E-state index is 12.6. The van der Waals surface area contributed by atoms with Crippen molar-refractivity contribution in [3.63, 3.8) is 0 Å². The van der Waals surface area contributed by atoms with Gasteiger partial charge in [0, 0.05) is 18.5 Å². The van der Waals surface area contributed by atoms with Crippen molar-refractivity contribution in [3.8, 4) is 0 Å². The molecule has 1 aromatic rings. The Bertz CT molecular complexity index is 428. The first-order chi connectivity index (χ1) is 9.81. The van der Waals surface area contributed by atoms with E-state index in [0.717, 1.165) is 30.9 Å². The van der Waals surface area contributed by atoms with Crippen molar-refractivity contribution < 1.29 is 4.79 Å². The largest absolute Gasteiger partial charge is 0.337 e. The zero-order valence-electron chi connectivity index (χ0n) is 13.9. The average Bonchev–Trinajstić information content (AvgIpc) is 2.87. The molecule has 0 saturated heterocycles. The molecule has 0 radical (unpaired) electrons. The average molecular weight is 311 g/mol. The van der Waals surface area contributed by atoms with Gasteiger partial charge in [0.15, 0.2) is 0 Å². The van der Waals surface area contributed by atoms with Crippen molar-refractivity contribution in [2.75, 3.05) is 13.1 Å². The first kappa shape index (κ1) is 18.1. The molecular formula is C16H29N3OS. The van der Waals surface area contributed by atoms with Crippen molar-refractivity contribution >= 4 is 17.2 Å². The van der Waals surface area contributed by atoms with E-state index in [4.69, 9.17) is 5.73 Å². The molecule has 0 spiro atoms. The maximum absolute atomic E-state index is 12.6. The molecule has 5 heteroatoms. The van der Waals surface area contributed by atoms with Gasteiger partial charge in [-0.25, -0.2) is 4.98 Å². The highest BCUT2D eigenvalue weighted by atomic mass is 32.1. The number of thiazole rings is 1. The smallest absolute Gasteiger partial charge is 0.273 e. The molecule has 120 valence electrons. The molecule has 21 heavy (non-hydrogen) atoms. The Morgan fingerprint density at radius 2 is 1.71 bits per heavy atom. The minimum absolute atomic E-state index is 0.0412. The summed E-state index contributed by atoms with van der Waals surface area (Å²) in [5.41, 5.74) is 6.36. The quantitative estimate of drug-likeness (QED) is 0.796. The van der Waals surface area contributed by atoms with E-state index < -0.39 is 0 Å². The summed E-state index contributed by atoms with van der Waals surface area (Å²) in [7, 11) is 0. The molecule has 1 rings (SSSR count). The monoisotopic (exact) mass is 311 g/mol. The fourth-order valence-electron chi connectivity index (χ4n) is 1.90. The lowest BCUT2D eigenvalue weighted by Crippen LogP contribution is -2.34. The second-order valence-electron chi connectivity index (χ2n) is 6.52. The van der Waals surface area contributed by atoms with Crippen molar-refractivity contribution in [2.45, 2.75) is 53.5 Å². The molecule has 0 bridgehead atoms. The van der Waals surface area contributed by atoms with Crippen molar-refractivity contribution in [3.05, 3.63) is 16.1 Å². The van der Waals surface area contributed by atoms with Crippen molar-refractivity contribution in [1.29, 1.82) is 0 Å². The predicted molar refractivity (Wildman–Crippen MR) is 89.5 cm³/mol. The van der Waals surface area contributed by atoms with Gasteiger partial charge in [-0.15, -0.1) is 11.3 Å². The molecule has 0 aromatic carbocycles. The molecule has 1 unspecified atom stereocenters. The number of rotatable bonds is 8. The molecule has 0 aliphatic heterocycles. The summed E-state index contributed by atoms with van der Waals surface area (Å²) in [5, 5.41) is 2.66. The van der Waals surface area contributed by atoms with Gasteiger partial charge in [-0.3, -0.25) is 4.79 Å². The van der Waals surface area contributed by atoms with Crippen LogP contribution in [0, 0.1) is 11.8 Å². The van der Waals surface area contributed by atoms with Gasteiger partial charge >= 0.3 is 0 Å². The Kier molecular flexibility index (Phi) is 7.32. The van der Waals surface area contributed by atoms with Gasteiger partial charge in [0.25, 0.3) is 5.91 Å². The highest BCUT2D eigenvalue weighted by molar-refractivity contribution is 7.09. The second-order valence-corrected chi connectivity index (χ2v) is 7.41. The van der Waals surface area contributed by atoms with E-state index in [-0.39, 0.29) is 11.9 Å². The second kappa shape index (κ2) is 8.49. The Morgan fingerprint density at radius 3 is 2.10 bits per heavy atom. The molecule has 2 N–H and O–H groups in total. The van der Waals surface area contributed by atoms with Crippen LogP contribution < -0.4 is 5.73 Å². The maximum Gasteiger partial charge on any atom is 0.273 e. The van der Waals surface area contributed by atoms with Crippen LogP contribution in [0.3, 0.4) is 0 Å². The Labute approximate surface area is 132 Å². The highest BCUT2D eigenvalue weighted by Gasteiger charge is 2.20. The fourth-order valence-corrected chi connectivity index (χ4v) is 2.65. The summed E-state index contributed by atoms with van der Waals surface area (Å²) in [5.74, 6) is 1.23. The van der Waals surface area contributed by atoms with Gasteiger partial charge in [-0.05, 0) is 31.6 Å². The Balaban J connectivity index is 2.76. The van der Waals surface area contributed by atoms with E-state index in [2.05, 4.69) is 32.7 Å². The van der Waals surface area contributed by atoms with E-state index in [0.29, 0.717) is 17.5 Å². The first-order valence-corrected chi connectivity index (χ1v) is 8.69. The molecule has 1 amide bonds. The van der Waals surface area contributed by atoms with Gasteiger partial charge < -0.3 is 10.6 Å². The number of aromatic nitrogens is 1. The highest BCUT2D eigenvalue weighted by Crippen LogP contribution is 2.18. The molecule has 1 aromatic heterocycles. The van der Waals surface area contributed by atoms with E-state index in [1.807, 2.05) is 17.2 Å². The minimum atomic E-state index is -0.115. The molecule has 0 saturated carbocycles. The fraction of sp³-hybridized carbons (Fsp3) is 0.750. The lowest BCUT2D eigenvalue weighted by atomic mass is 10.1. The minimum Gasteiger partial charge on any atom is -0.337 e. The van der Waals surface area contributed by atoms with Crippen LogP contribution in [0.1, 0.15) is 69.0 Å². The zero-order chi connectivity index (χ0) is 16.0. The molecule has 1 heterocycles. The molecule has 4 nitrogen and oxygen atoms in total. The van der Waals surface area contributed by atoms with Crippen LogP contribution >= 0.6 is 11.3 Å². The lowest BCUT2D eigenvalue weighted by molar-refractivity contribution is 0.0735. The summed E-state index contributed by atoms with van der Waals surface area (Å²) in [6.45, 7) is 12.2. The van der Waals surface area contributed by atoms with Crippen molar-refractivity contribution in [1.82, 2.24) is 9.88 Å². The third-order valence-corrected chi connectivity index (χ3v) is 4.42. The molecule has 0 fully saturated rings. The standard InChI is InChI=1S/C16H29N3OS/c1-11(2)6-8-19(9-7-12(3)4)16(20)14-10-21-15(18-14)13(5)17/h10-13H,6-9,17H2,1-5H3. The number of amides is 1. The van der Waals surface area contributed by atoms with E-state index in [9.17, 15) is 4.79 Å². The Morgan fingerprint density at radius 1 is 1.19 bits per heavy atom. The molecule has 0 aliphatic carbocycles. The van der Waals surface area contributed by atoms with Crippen LogP contribution in [0.15, 0.2) is 5.38 Å². The third kappa shape index (κ3) is 6.14. The van der Waals surface area contributed by atoms with E-state index in [1.165, 1.54) is 11.3 Å². The summed E-state index contributed by atoms with van der Waals surface area (Å²) in [4.78, 5) is 19.0. The van der Waals surface area contributed by atoms with Gasteiger partial charge in [-0.1, -0.05) is 27.7 Å². The van der Waals surface area contributed by atoms with Crippen LogP contribution in [0.2, 0.25) is 0 Å². The summed E-state index contributed by atoms with van der Waals surface area (Å²) in [6, 6.07) is -0.115. The van der Waals surface area contributed by atoms with Crippen LogP contribution in [0.4, 0.5) is 0 Å². The van der Waals surface area contributed by atoms with Crippen LogP contribution in [-0.2, 0) is 0 Å². The van der Waals surface area contributed by atoms with Gasteiger partial charge in [-0.2, -0.15) is 0 Å². The molecule has 1 atom stereocenters. The summed E-state index contributed by atoms with van der Waals surface area (Å²) < 4.78 is 0. The van der Waals surface area contributed by atoms with Gasteiger partial charge in [0.05, 0.1) is 6.04 Å². The molecule has 0 aliphatic rings. The number of carbonyl (C=O) groups excluding carboxylic acids is 1. The van der Waals surface area contributed by atoms with Crippen LogP contribution in [0.5, 0.6) is 0 Å². The van der Waals surface area contributed by atoms with Crippen LogP contribution in [0.25, 0.3) is 0 Å². The summed E-state index contributed by atoms with van der Waals surface area (Å²) in [6.07, 6.45) is 2.04. The normalized spacial score (nSPS) is 13.0. The summed E-state index contributed by atoms with van der Waals surface area (Å²) >= 11 is 1.47. The SMILES string of the molecule is CC(C)CCN(CCC(C)C)C(=O)c1csc(C(C)N)n1. The van der Waals surface area contributed by atoms with Crippen LogP contribution in [-0.4, -0.2) is 28.9 Å². The van der Waals surface area contributed by atoms with E-state index >= 15 is 0 Å². The number of hydrogen-bond donors (Lipinski definition) is 1. The van der Waals surface area contributed by atoms with Gasteiger partial charge in [0.2, 0.25) is 0 Å². The van der Waals surface area contributed by atoms with Crippen molar-refractivity contribution in [2.24, 2.45) is 17.6 Å². The predicted octanol–water partition coefficient (Wildman–Crippen LogP) is 3.70. The third-order valence-electron chi connectivity index (χ3n) is 3.37. The number of carbonyl (C=O) groups is 1. The first-order valence-electron chi connectivity index (χ1n) is 7.81. The van der Waals surface area contributed by atoms with E-state index in [1.54, 1.807) is 0 Å². The zero-order valence-corrected chi connectivity index (χ0v) is 14.7. The van der Waals surface area contributed by atoms with Gasteiger partial charge in [0.1, 0.15) is 10.7 Å². The lowest BCUT2D eigenvalue weighted by Gasteiger charge is -2.23. The number of nitrogens with two attached hydrogens (primary N) is 1. The topological polar surface area (TPSA) is 59.2 Å². The Hall–Kier alpha value is -0.940. The molecular weight excluding hydrogens is 282 g/mol. The number of nitrogens with zero attached hydrogens (tertiary/aromatic N) is 2. The number of hydrogen-bond acceptors (Lipinski definition) is 4.